The van der Waals surface area contributed by atoms with Gasteiger partial charge in [-0.1, -0.05) is 6.92 Å². The van der Waals surface area contributed by atoms with Crippen molar-refractivity contribution in [2.24, 2.45) is 0 Å². The molecule has 6 heteroatoms. The van der Waals surface area contributed by atoms with Crippen LogP contribution in [0.2, 0.25) is 0 Å². The Bertz CT molecular complexity index is 428. The Morgan fingerprint density at radius 1 is 1.28 bits per heavy atom. The first-order chi connectivity index (χ1) is 8.52. The van der Waals surface area contributed by atoms with E-state index in [-0.39, 0.29) is 0 Å². The number of aryl methyl sites for hydroxylation is 1. The van der Waals surface area contributed by atoms with Gasteiger partial charge in [0.1, 0.15) is 17.5 Å². The molecular formula is C12H20N4O2. The second-order valence-corrected chi connectivity index (χ2v) is 4.76. The van der Waals surface area contributed by atoms with E-state index < -0.39 is 12.2 Å². The molecule has 1 aromatic rings. The van der Waals surface area contributed by atoms with Crippen molar-refractivity contribution in [3.8, 4) is 0 Å². The molecule has 0 aromatic carbocycles. The van der Waals surface area contributed by atoms with Gasteiger partial charge < -0.3 is 20.8 Å². The lowest BCUT2D eigenvalue weighted by atomic mass is 10.2. The summed E-state index contributed by atoms with van der Waals surface area (Å²) in [6, 6.07) is 0. The molecule has 1 fully saturated rings. The minimum Gasteiger partial charge on any atom is -0.389 e. The molecule has 2 heterocycles. The van der Waals surface area contributed by atoms with Crippen LogP contribution in [0.3, 0.4) is 0 Å². The molecule has 2 unspecified atom stereocenters. The fourth-order valence-corrected chi connectivity index (χ4v) is 2.15. The Labute approximate surface area is 106 Å². The number of rotatable bonds is 3. The molecule has 2 rings (SSSR count). The maximum atomic E-state index is 9.60. The van der Waals surface area contributed by atoms with Crippen LogP contribution in [-0.2, 0) is 6.42 Å². The number of aliphatic hydroxyl groups is 2. The predicted octanol–water partition coefficient (Wildman–Crippen LogP) is -0.138. The summed E-state index contributed by atoms with van der Waals surface area (Å²) in [5, 5.41) is 19.2. The minimum absolute atomic E-state index is 0.379. The van der Waals surface area contributed by atoms with E-state index in [1.807, 2.05) is 11.8 Å². The molecule has 100 valence electrons. The third kappa shape index (κ3) is 2.39. The van der Waals surface area contributed by atoms with Gasteiger partial charge in [-0.3, -0.25) is 0 Å². The van der Waals surface area contributed by atoms with E-state index >= 15 is 0 Å². The molecule has 0 bridgehead atoms. The Balaban J connectivity index is 2.32. The molecule has 6 nitrogen and oxygen atoms in total. The van der Waals surface area contributed by atoms with Gasteiger partial charge in [0.25, 0.3) is 0 Å². The Morgan fingerprint density at radius 3 is 2.44 bits per heavy atom. The predicted molar refractivity (Wildman–Crippen MR) is 69.4 cm³/mol. The zero-order valence-corrected chi connectivity index (χ0v) is 10.8. The van der Waals surface area contributed by atoms with Gasteiger partial charge in [-0.2, -0.15) is 0 Å². The normalized spacial score (nSPS) is 23.7. The van der Waals surface area contributed by atoms with Gasteiger partial charge in [0.05, 0.1) is 12.2 Å². The lowest BCUT2D eigenvalue weighted by Crippen LogP contribution is -2.24. The van der Waals surface area contributed by atoms with Crippen LogP contribution in [0.1, 0.15) is 24.7 Å². The fourth-order valence-electron chi connectivity index (χ4n) is 2.15. The molecule has 0 aliphatic carbocycles. The molecule has 0 saturated carbocycles. The van der Waals surface area contributed by atoms with Crippen LogP contribution in [0, 0.1) is 6.92 Å². The van der Waals surface area contributed by atoms with Crippen molar-refractivity contribution >= 4 is 11.6 Å². The number of β-amino-alcohol motifs (C(OH)–C–C–N with tert-alkyl or cyclic N) is 2. The van der Waals surface area contributed by atoms with Crippen molar-refractivity contribution in [1.82, 2.24) is 9.97 Å². The summed E-state index contributed by atoms with van der Waals surface area (Å²) in [6.45, 7) is 4.67. The monoisotopic (exact) mass is 252 g/mol. The summed E-state index contributed by atoms with van der Waals surface area (Å²) in [5.41, 5.74) is 6.69. The van der Waals surface area contributed by atoms with Gasteiger partial charge in [0.2, 0.25) is 0 Å². The lowest BCUT2D eigenvalue weighted by Gasteiger charge is -2.20. The first kappa shape index (κ1) is 13.0. The van der Waals surface area contributed by atoms with Crippen LogP contribution < -0.4 is 10.6 Å². The third-order valence-electron chi connectivity index (χ3n) is 3.24. The van der Waals surface area contributed by atoms with Crippen molar-refractivity contribution in [1.29, 1.82) is 0 Å². The van der Waals surface area contributed by atoms with Gasteiger partial charge in [-0.05, 0) is 13.3 Å². The van der Waals surface area contributed by atoms with Gasteiger partial charge in [-0.15, -0.1) is 0 Å². The Morgan fingerprint density at radius 2 is 1.89 bits per heavy atom. The first-order valence-corrected chi connectivity index (χ1v) is 6.27. The average molecular weight is 252 g/mol. The van der Waals surface area contributed by atoms with E-state index in [1.54, 1.807) is 0 Å². The van der Waals surface area contributed by atoms with Gasteiger partial charge >= 0.3 is 0 Å². The summed E-state index contributed by atoms with van der Waals surface area (Å²) in [5.74, 6) is 1.91. The molecule has 1 saturated heterocycles. The Kier molecular flexibility index (Phi) is 3.68. The van der Waals surface area contributed by atoms with Crippen molar-refractivity contribution in [3.63, 3.8) is 0 Å². The van der Waals surface area contributed by atoms with Gasteiger partial charge in [0, 0.05) is 25.1 Å². The highest BCUT2D eigenvalue weighted by Crippen LogP contribution is 2.25. The van der Waals surface area contributed by atoms with Crippen molar-refractivity contribution in [2.45, 2.75) is 38.9 Å². The van der Waals surface area contributed by atoms with Crippen molar-refractivity contribution in [3.05, 3.63) is 11.4 Å². The number of hydrogen-bond acceptors (Lipinski definition) is 6. The highest BCUT2D eigenvalue weighted by molar-refractivity contribution is 5.57. The van der Waals surface area contributed by atoms with Crippen LogP contribution in [0.5, 0.6) is 0 Å². The van der Waals surface area contributed by atoms with E-state index in [1.165, 1.54) is 0 Å². The van der Waals surface area contributed by atoms with Crippen LogP contribution in [0.4, 0.5) is 11.6 Å². The van der Waals surface area contributed by atoms with E-state index in [2.05, 4.69) is 16.9 Å². The number of anilines is 2. The zero-order valence-electron chi connectivity index (χ0n) is 10.8. The molecule has 1 aromatic heterocycles. The van der Waals surface area contributed by atoms with Gasteiger partial charge in [-0.25, -0.2) is 9.97 Å². The van der Waals surface area contributed by atoms with Crippen molar-refractivity contribution in [2.75, 3.05) is 23.7 Å². The van der Waals surface area contributed by atoms with E-state index in [0.29, 0.717) is 24.7 Å². The highest BCUT2D eigenvalue weighted by atomic mass is 16.3. The zero-order chi connectivity index (χ0) is 13.3. The molecule has 2 atom stereocenters. The maximum Gasteiger partial charge on any atom is 0.137 e. The summed E-state index contributed by atoms with van der Waals surface area (Å²) < 4.78 is 0. The van der Waals surface area contributed by atoms with Crippen molar-refractivity contribution < 1.29 is 10.2 Å². The molecule has 0 spiro atoms. The van der Waals surface area contributed by atoms with E-state index in [0.717, 1.165) is 24.2 Å². The second kappa shape index (κ2) is 5.07. The third-order valence-corrected chi connectivity index (χ3v) is 3.24. The lowest BCUT2D eigenvalue weighted by molar-refractivity contribution is 0.0572. The van der Waals surface area contributed by atoms with Crippen LogP contribution in [0.25, 0.3) is 0 Å². The molecule has 18 heavy (non-hydrogen) atoms. The summed E-state index contributed by atoms with van der Waals surface area (Å²) >= 11 is 0. The van der Waals surface area contributed by atoms with Crippen LogP contribution >= 0.6 is 0 Å². The molecule has 1 aliphatic heterocycles. The second-order valence-electron chi connectivity index (χ2n) is 4.76. The topological polar surface area (TPSA) is 95.5 Å². The van der Waals surface area contributed by atoms with E-state index in [9.17, 15) is 10.2 Å². The largest absolute Gasteiger partial charge is 0.389 e. The number of aromatic nitrogens is 2. The standard InChI is InChI=1S/C12H20N4O2/c1-3-4-10-14-11(13)7(2)12(15-10)16-5-8(17)9(18)6-16/h8-9,17-18H,3-6H2,1-2H3,(H2,13,14,15). The number of nitrogen functional groups attached to an aromatic ring is 1. The summed E-state index contributed by atoms with van der Waals surface area (Å²) in [4.78, 5) is 10.6. The summed E-state index contributed by atoms with van der Waals surface area (Å²) in [6.07, 6.45) is 0.273. The number of nitrogens with two attached hydrogens (primary N) is 1. The number of nitrogens with zero attached hydrogens (tertiary/aromatic N) is 3. The SMILES string of the molecule is CCCc1nc(N)c(C)c(N2CC(O)C(O)C2)n1. The summed E-state index contributed by atoms with van der Waals surface area (Å²) in [7, 11) is 0. The van der Waals surface area contributed by atoms with Crippen LogP contribution in [-0.4, -0.2) is 45.5 Å². The average Bonchev–Trinajstić information content (AvgIpc) is 2.64. The molecule has 0 radical (unpaired) electrons. The minimum atomic E-state index is -0.727. The smallest absolute Gasteiger partial charge is 0.137 e. The fraction of sp³-hybridized carbons (Fsp3) is 0.667. The molecule has 1 aliphatic rings. The van der Waals surface area contributed by atoms with Gasteiger partial charge in [0.15, 0.2) is 0 Å². The van der Waals surface area contributed by atoms with E-state index in [4.69, 9.17) is 5.73 Å². The molecule has 0 amide bonds. The number of hydrogen-bond donors (Lipinski definition) is 3. The number of aliphatic hydroxyl groups excluding tert-OH is 2. The molecule has 4 N–H and O–H groups in total. The molecular weight excluding hydrogens is 232 g/mol. The highest BCUT2D eigenvalue weighted by Gasteiger charge is 2.31. The first-order valence-electron chi connectivity index (χ1n) is 6.27. The maximum absolute atomic E-state index is 9.60. The quantitative estimate of drug-likeness (QED) is 0.693. The Hall–Kier alpha value is -1.40. The van der Waals surface area contributed by atoms with Crippen LogP contribution in [0.15, 0.2) is 0 Å².